The standard InChI is InChI=1S/C18H23ClO3/c1-3-4-7-11-22-18-15-9-6-5-8-14(15)16(21-12-10-19)13-17(18)20-2/h5-6,8-9,13H,3-4,7,10-12H2,1-2H3. The van der Waals surface area contributed by atoms with Gasteiger partial charge in [0.15, 0.2) is 11.5 Å². The van der Waals surface area contributed by atoms with Crippen molar-refractivity contribution in [1.29, 1.82) is 0 Å². The third-order valence-electron chi connectivity index (χ3n) is 3.47. The van der Waals surface area contributed by atoms with Gasteiger partial charge < -0.3 is 14.2 Å². The van der Waals surface area contributed by atoms with Crippen molar-refractivity contribution in [3.63, 3.8) is 0 Å². The van der Waals surface area contributed by atoms with Crippen LogP contribution in [0.3, 0.4) is 0 Å². The maximum atomic E-state index is 6.00. The average Bonchev–Trinajstić information content (AvgIpc) is 2.57. The molecule has 0 aromatic heterocycles. The topological polar surface area (TPSA) is 27.7 Å². The van der Waals surface area contributed by atoms with Crippen LogP contribution in [0.15, 0.2) is 30.3 Å². The molecule has 0 spiro atoms. The molecule has 0 atom stereocenters. The normalized spacial score (nSPS) is 10.7. The van der Waals surface area contributed by atoms with E-state index in [1.807, 2.05) is 30.3 Å². The Morgan fingerprint density at radius 1 is 0.955 bits per heavy atom. The van der Waals surface area contributed by atoms with Crippen LogP contribution < -0.4 is 14.2 Å². The summed E-state index contributed by atoms with van der Waals surface area (Å²) in [4.78, 5) is 0. The van der Waals surface area contributed by atoms with Crippen LogP contribution in [0.25, 0.3) is 10.8 Å². The van der Waals surface area contributed by atoms with Crippen LogP contribution in [0.4, 0.5) is 0 Å². The van der Waals surface area contributed by atoms with Crippen molar-refractivity contribution in [2.24, 2.45) is 0 Å². The van der Waals surface area contributed by atoms with Crippen LogP contribution in [-0.4, -0.2) is 26.2 Å². The lowest BCUT2D eigenvalue weighted by Gasteiger charge is -2.16. The van der Waals surface area contributed by atoms with Gasteiger partial charge in [0.2, 0.25) is 0 Å². The molecule has 0 amide bonds. The molecule has 0 aliphatic rings. The first-order valence-corrected chi connectivity index (χ1v) is 8.26. The van der Waals surface area contributed by atoms with Gasteiger partial charge >= 0.3 is 0 Å². The summed E-state index contributed by atoms with van der Waals surface area (Å²) in [5, 5.41) is 2.02. The molecule has 0 saturated carbocycles. The van der Waals surface area contributed by atoms with E-state index in [1.54, 1.807) is 7.11 Å². The summed E-state index contributed by atoms with van der Waals surface area (Å²) in [6.45, 7) is 3.33. The first-order valence-electron chi connectivity index (χ1n) is 7.73. The fourth-order valence-electron chi connectivity index (χ4n) is 2.39. The van der Waals surface area contributed by atoms with Gasteiger partial charge in [0.25, 0.3) is 0 Å². The molecule has 0 heterocycles. The van der Waals surface area contributed by atoms with Crippen LogP contribution in [-0.2, 0) is 0 Å². The summed E-state index contributed by atoms with van der Waals surface area (Å²) >= 11 is 5.72. The van der Waals surface area contributed by atoms with Crippen LogP contribution >= 0.6 is 11.6 Å². The van der Waals surface area contributed by atoms with Gasteiger partial charge in [-0.1, -0.05) is 44.0 Å². The number of alkyl halides is 1. The van der Waals surface area contributed by atoms with Crippen LogP contribution in [0.2, 0.25) is 0 Å². The Kier molecular flexibility index (Phi) is 6.66. The van der Waals surface area contributed by atoms with Gasteiger partial charge in [-0.15, -0.1) is 11.6 Å². The van der Waals surface area contributed by atoms with E-state index in [1.165, 1.54) is 6.42 Å². The van der Waals surface area contributed by atoms with Crippen molar-refractivity contribution in [2.45, 2.75) is 26.2 Å². The number of rotatable bonds is 9. The van der Waals surface area contributed by atoms with Crippen molar-refractivity contribution in [3.8, 4) is 17.2 Å². The van der Waals surface area contributed by atoms with E-state index in [9.17, 15) is 0 Å². The molecular formula is C18H23ClO3. The van der Waals surface area contributed by atoms with E-state index in [2.05, 4.69) is 6.92 Å². The lowest BCUT2D eigenvalue weighted by atomic mass is 10.1. The maximum Gasteiger partial charge on any atom is 0.169 e. The first kappa shape index (κ1) is 16.8. The van der Waals surface area contributed by atoms with Gasteiger partial charge in [0, 0.05) is 16.8 Å². The summed E-state index contributed by atoms with van der Waals surface area (Å²) in [5.41, 5.74) is 0. The summed E-state index contributed by atoms with van der Waals surface area (Å²) in [5.74, 6) is 2.70. The molecule has 2 aromatic carbocycles. The molecule has 0 N–H and O–H groups in total. The van der Waals surface area contributed by atoms with E-state index in [0.29, 0.717) is 24.8 Å². The Bertz CT molecular complexity index is 598. The highest BCUT2D eigenvalue weighted by Gasteiger charge is 2.14. The highest BCUT2D eigenvalue weighted by molar-refractivity contribution is 6.18. The lowest BCUT2D eigenvalue weighted by molar-refractivity contribution is 0.287. The Morgan fingerprint density at radius 2 is 1.73 bits per heavy atom. The van der Waals surface area contributed by atoms with Crippen molar-refractivity contribution < 1.29 is 14.2 Å². The molecule has 0 radical (unpaired) electrons. The van der Waals surface area contributed by atoms with E-state index in [4.69, 9.17) is 25.8 Å². The molecule has 0 aliphatic heterocycles. The number of fused-ring (bicyclic) bond motifs is 1. The van der Waals surface area contributed by atoms with Crippen molar-refractivity contribution in [1.82, 2.24) is 0 Å². The maximum absolute atomic E-state index is 6.00. The van der Waals surface area contributed by atoms with E-state index >= 15 is 0 Å². The molecule has 22 heavy (non-hydrogen) atoms. The summed E-state index contributed by atoms with van der Waals surface area (Å²) in [6, 6.07) is 9.91. The fourth-order valence-corrected chi connectivity index (χ4v) is 2.46. The van der Waals surface area contributed by atoms with Crippen LogP contribution in [0.1, 0.15) is 26.2 Å². The second kappa shape index (κ2) is 8.74. The molecule has 0 unspecified atom stereocenters. The van der Waals surface area contributed by atoms with Gasteiger partial charge in [-0.2, -0.15) is 0 Å². The quantitative estimate of drug-likeness (QED) is 0.478. The number of halogens is 1. The SMILES string of the molecule is CCCCCOc1c(OC)cc(OCCCl)c2ccccc12. The molecule has 3 nitrogen and oxygen atoms in total. The number of unbranched alkanes of at least 4 members (excludes halogenated alkanes) is 2. The molecule has 0 bridgehead atoms. The third kappa shape index (κ3) is 3.98. The predicted octanol–water partition coefficient (Wildman–Crippen LogP) is 5.04. The number of benzene rings is 2. The molecule has 4 heteroatoms. The Balaban J connectivity index is 2.36. The summed E-state index contributed by atoms with van der Waals surface area (Å²) < 4.78 is 17.2. The van der Waals surface area contributed by atoms with Gasteiger partial charge in [0.1, 0.15) is 12.4 Å². The highest BCUT2D eigenvalue weighted by atomic mass is 35.5. The van der Waals surface area contributed by atoms with Crippen molar-refractivity contribution in [2.75, 3.05) is 26.2 Å². The number of hydrogen-bond donors (Lipinski definition) is 0. The zero-order valence-electron chi connectivity index (χ0n) is 13.2. The molecule has 2 aromatic rings. The smallest absolute Gasteiger partial charge is 0.169 e. The van der Waals surface area contributed by atoms with E-state index in [0.717, 1.165) is 35.1 Å². The first-order chi connectivity index (χ1) is 10.8. The van der Waals surface area contributed by atoms with Crippen LogP contribution in [0, 0.1) is 0 Å². The monoisotopic (exact) mass is 322 g/mol. The number of hydrogen-bond acceptors (Lipinski definition) is 3. The second-order valence-corrected chi connectivity index (χ2v) is 5.42. The molecule has 120 valence electrons. The van der Waals surface area contributed by atoms with Gasteiger partial charge in [-0.25, -0.2) is 0 Å². The lowest BCUT2D eigenvalue weighted by Crippen LogP contribution is -2.03. The molecule has 0 aliphatic carbocycles. The molecule has 0 saturated heterocycles. The summed E-state index contributed by atoms with van der Waals surface area (Å²) in [6.07, 6.45) is 3.38. The Labute approximate surface area is 137 Å². The predicted molar refractivity (Wildman–Crippen MR) is 91.7 cm³/mol. The largest absolute Gasteiger partial charge is 0.493 e. The zero-order chi connectivity index (χ0) is 15.8. The number of ether oxygens (including phenoxy) is 3. The van der Waals surface area contributed by atoms with E-state index < -0.39 is 0 Å². The minimum atomic E-state index is 0.450. The fraction of sp³-hybridized carbons (Fsp3) is 0.444. The number of methoxy groups -OCH3 is 1. The minimum absolute atomic E-state index is 0.450. The van der Waals surface area contributed by atoms with Crippen LogP contribution in [0.5, 0.6) is 17.2 Å². The third-order valence-corrected chi connectivity index (χ3v) is 3.63. The summed E-state index contributed by atoms with van der Waals surface area (Å²) in [7, 11) is 1.65. The Morgan fingerprint density at radius 3 is 2.41 bits per heavy atom. The average molecular weight is 323 g/mol. The zero-order valence-corrected chi connectivity index (χ0v) is 14.0. The Hall–Kier alpha value is -1.61. The highest BCUT2D eigenvalue weighted by Crippen LogP contribution is 2.41. The van der Waals surface area contributed by atoms with Gasteiger partial charge in [-0.05, 0) is 6.42 Å². The van der Waals surface area contributed by atoms with Gasteiger partial charge in [0.05, 0.1) is 19.6 Å². The minimum Gasteiger partial charge on any atom is -0.493 e. The van der Waals surface area contributed by atoms with Crippen molar-refractivity contribution >= 4 is 22.4 Å². The molecule has 0 fully saturated rings. The molecular weight excluding hydrogens is 300 g/mol. The van der Waals surface area contributed by atoms with Gasteiger partial charge in [-0.3, -0.25) is 0 Å². The molecule has 2 rings (SSSR count). The van der Waals surface area contributed by atoms with Crippen molar-refractivity contribution in [3.05, 3.63) is 30.3 Å². The second-order valence-electron chi connectivity index (χ2n) is 5.04. The van der Waals surface area contributed by atoms with E-state index in [-0.39, 0.29) is 0 Å².